The SMILES string of the molecule is CC(=O)N(c1ccc(N(C)C)cc1)c1c(-c2ccc(F)cc2)nc2ccccn12. The van der Waals surface area contributed by atoms with Crippen molar-refractivity contribution in [3.05, 3.63) is 78.7 Å². The monoisotopic (exact) mass is 388 g/mol. The highest BCUT2D eigenvalue weighted by Crippen LogP contribution is 2.36. The van der Waals surface area contributed by atoms with Crippen molar-refractivity contribution >= 4 is 28.7 Å². The van der Waals surface area contributed by atoms with Gasteiger partial charge < -0.3 is 4.90 Å². The fourth-order valence-corrected chi connectivity index (χ4v) is 3.35. The highest BCUT2D eigenvalue weighted by atomic mass is 19.1. The van der Waals surface area contributed by atoms with Crippen molar-refractivity contribution in [3.63, 3.8) is 0 Å². The number of pyridine rings is 1. The van der Waals surface area contributed by atoms with Crippen LogP contribution in [0, 0.1) is 5.82 Å². The van der Waals surface area contributed by atoms with Crippen molar-refractivity contribution in [1.29, 1.82) is 0 Å². The van der Waals surface area contributed by atoms with Crippen LogP contribution in [0.5, 0.6) is 0 Å². The van der Waals surface area contributed by atoms with Gasteiger partial charge in [-0.1, -0.05) is 6.07 Å². The van der Waals surface area contributed by atoms with Gasteiger partial charge in [0.1, 0.15) is 17.2 Å². The largest absolute Gasteiger partial charge is 0.378 e. The molecule has 6 heteroatoms. The Morgan fingerprint density at radius 1 is 0.931 bits per heavy atom. The summed E-state index contributed by atoms with van der Waals surface area (Å²) in [7, 11) is 3.93. The number of nitrogens with zero attached hydrogens (tertiary/aromatic N) is 4. The first kappa shape index (κ1) is 18.7. The molecule has 0 aliphatic heterocycles. The van der Waals surface area contributed by atoms with Gasteiger partial charge in [0.05, 0.1) is 5.69 Å². The maximum Gasteiger partial charge on any atom is 0.229 e. The van der Waals surface area contributed by atoms with Crippen molar-refractivity contribution in [1.82, 2.24) is 9.38 Å². The summed E-state index contributed by atoms with van der Waals surface area (Å²) in [6, 6.07) is 19.6. The molecule has 0 unspecified atom stereocenters. The van der Waals surface area contributed by atoms with E-state index < -0.39 is 0 Å². The van der Waals surface area contributed by atoms with E-state index >= 15 is 0 Å². The van der Waals surface area contributed by atoms with E-state index in [1.807, 2.05) is 72.1 Å². The maximum absolute atomic E-state index is 13.5. The number of imidazole rings is 1. The second-order valence-corrected chi connectivity index (χ2v) is 6.99. The first-order valence-electron chi connectivity index (χ1n) is 9.27. The zero-order valence-corrected chi connectivity index (χ0v) is 16.5. The van der Waals surface area contributed by atoms with Gasteiger partial charge in [-0.05, 0) is 60.7 Å². The fraction of sp³-hybridized carbons (Fsp3) is 0.130. The minimum absolute atomic E-state index is 0.142. The normalized spacial score (nSPS) is 10.9. The molecule has 0 N–H and O–H groups in total. The number of aromatic nitrogens is 2. The molecule has 29 heavy (non-hydrogen) atoms. The lowest BCUT2D eigenvalue weighted by Crippen LogP contribution is -2.24. The maximum atomic E-state index is 13.5. The Morgan fingerprint density at radius 2 is 1.59 bits per heavy atom. The summed E-state index contributed by atoms with van der Waals surface area (Å²) in [4.78, 5) is 21.1. The quantitative estimate of drug-likeness (QED) is 0.500. The molecular weight excluding hydrogens is 367 g/mol. The molecule has 2 heterocycles. The van der Waals surface area contributed by atoms with Crippen LogP contribution in [0.4, 0.5) is 21.6 Å². The van der Waals surface area contributed by atoms with Gasteiger partial charge in [0.25, 0.3) is 0 Å². The van der Waals surface area contributed by atoms with Crippen LogP contribution in [0.3, 0.4) is 0 Å². The molecule has 0 spiro atoms. The van der Waals surface area contributed by atoms with Crippen LogP contribution in [0.25, 0.3) is 16.9 Å². The van der Waals surface area contributed by atoms with Crippen LogP contribution < -0.4 is 9.80 Å². The Hall–Kier alpha value is -3.67. The molecule has 0 fully saturated rings. The molecule has 5 nitrogen and oxygen atoms in total. The summed E-state index contributed by atoms with van der Waals surface area (Å²) >= 11 is 0. The van der Waals surface area contributed by atoms with E-state index in [9.17, 15) is 9.18 Å². The number of carbonyl (C=O) groups excluding carboxylic acids is 1. The van der Waals surface area contributed by atoms with Crippen LogP contribution in [-0.4, -0.2) is 29.4 Å². The minimum Gasteiger partial charge on any atom is -0.378 e. The fourth-order valence-electron chi connectivity index (χ4n) is 3.35. The number of benzene rings is 2. The van der Waals surface area contributed by atoms with Crippen molar-refractivity contribution in [2.75, 3.05) is 23.9 Å². The second kappa shape index (κ2) is 7.39. The lowest BCUT2D eigenvalue weighted by atomic mass is 10.1. The molecule has 0 aliphatic rings. The predicted octanol–water partition coefficient (Wildman–Crippen LogP) is 4.89. The van der Waals surface area contributed by atoms with E-state index in [0.717, 1.165) is 16.9 Å². The summed E-state index contributed by atoms with van der Waals surface area (Å²) in [5.74, 6) is 0.163. The number of halogens is 1. The van der Waals surface area contributed by atoms with Gasteiger partial charge in [-0.2, -0.15) is 0 Å². The molecule has 0 saturated carbocycles. The molecule has 0 bridgehead atoms. The lowest BCUT2D eigenvalue weighted by molar-refractivity contribution is -0.115. The molecule has 1 amide bonds. The summed E-state index contributed by atoms with van der Waals surface area (Å²) in [6.45, 7) is 1.52. The van der Waals surface area contributed by atoms with Gasteiger partial charge >= 0.3 is 0 Å². The number of carbonyl (C=O) groups is 1. The van der Waals surface area contributed by atoms with Crippen LogP contribution in [0.1, 0.15) is 6.92 Å². The van der Waals surface area contributed by atoms with Gasteiger partial charge in [-0.25, -0.2) is 9.37 Å². The van der Waals surface area contributed by atoms with E-state index in [-0.39, 0.29) is 11.7 Å². The van der Waals surface area contributed by atoms with E-state index in [2.05, 4.69) is 0 Å². The van der Waals surface area contributed by atoms with E-state index in [1.54, 1.807) is 17.0 Å². The van der Waals surface area contributed by atoms with Gasteiger partial charge in [-0.3, -0.25) is 14.1 Å². The highest BCUT2D eigenvalue weighted by Gasteiger charge is 2.24. The minimum atomic E-state index is -0.318. The Labute approximate surface area is 168 Å². The summed E-state index contributed by atoms with van der Waals surface area (Å²) in [5.41, 5.74) is 3.83. The second-order valence-electron chi connectivity index (χ2n) is 6.99. The number of hydrogen-bond acceptors (Lipinski definition) is 3. The Kier molecular flexibility index (Phi) is 4.76. The summed E-state index contributed by atoms with van der Waals surface area (Å²) < 4.78 is 15.3. The van der Waals surface area contributed by atoms with E-state index in [4.69, 9.17) is 4.98 Å². The third-order valence-corrected chi connectivity index (χ3v) is 4.77. The number of amides is 1. The number of anilines is 3. The third-order valence-electron chi connectivity index (χ3n) is 4.77. The third kappa shape index (κ3) is 3.45. The van der Waals surface area contributed by atoms with Crippen molar-refractivity contribution < 1.29 is 9.18 Å². The summed E-state index contributed by atoms with van der Waals surface area (Å²) in [5, 5.41) is 0. The van der Waals surface area contributed by atoms with Gasteiger partial charge in [-0.15, -0.1) is 0 Å². The molecule has 146 valence electrons. The van der Waals surface area contributed by atoms with Crippen LogP contribution >= 0.6 is 0 Å². The molecule has 2 aromatic carbocycles. The standard InChI is InChI=1S/C23H21FN4O/c1-16(29)28(20-13-11-19(12-14-20)26(2)3)23-22(17-7-9-18(24)10-8-17)25-21-6-4-5-15-27(21)23/h4-15H,1-3H3. The van der Waals surface area contributed by atoms with Crippen molar-refractivity contribution in [3.8, 4) is 11.3 Å². The van der Waals surface area contributed by atoms with Crippen molar-refractivity contribution in [2.24, 2.45) is 0 Å². The zero-order valence-electron chi connectivity index (χ0n) is 16.5. The first-order chi connectivity index (χ1) is 14.0. The first-order valence-corrected chi connectivity index (χ1v) is 9.27. The topological polar surface area (TPSA) is 40.9 Å². The Balaban J connectivity index is 1.94. The molecule has 4 rings (SSSR count). The van der Waals surface area contributed by atoms with Crippen LogP contribution in [-0.2, 0) is 4.79 Å². The van der Waals surface area contributed by atoms with E-state index in [1.165, 1.54) is 19.1 Å². The molecule has 0 atom stereocenters. The zero-order chi connectivity index (χ0) is 20.5. The van der Waals surface area contributed by atoms with Gasteiger partial charge in [0, 0.05) is 38.5 Å². The van der Waals surface area contributed by atoms with E-state index in [0.29, 0.717) is 17.2 Å². The number of rotatable bonds is 4. The molecule has 0 saturated heterocycles. The highest BCUT2D eigenvalue weighted by molar-refractivity contribution is 6.02. The molecule has 4 aromatic rings. The average Bonchev–Trinajstić information content (AvgIpc) is 3.08. The Bertz CT molecular complexity index is 1160. The summed E-state index contributed by atoms with van der Waals surface area (Å²) in [6.07, 6.45) is 1.87. The Morgan fingerprint density at radius 3 is 2.21 bits per heavy atom. The molecule has 0 radical (unpaired) electrons. The van der Waals surface area contributed by atoms with Crippen LogP contribution in [0.2, 0.25) is 0 Å². The van der Waals surface area contributed by atoms with Gasteiger partial charge in [0.15, 0.2) is 5.82 Å². The smallest absolute Gasteiger partial charge is 0.229 e. The average molecular weight is 388 g/mol. The van der Waals surface area contributed by atoms with Crippen LogP contribution in [0.15, 0.2) is 72.9 Å². The number of fused-ring (bicyclic) bond motifs is 1. The molecular formula is C23H21FN4O. The lowest BCUT2D eigenvalue weighted by Gasteiger charge is -2.23. The predicted molar refractivity (Wildman–Crippen MR) is 114 cm³/mol. The molecule has 2 aromatic heterocycles. The number of hydrogen-bond donors (Lipinski definition) is 0. The molecule has 0 aliphatic carbocycles. The van der Waals surface area contributed by atoms with Gasteiger partial charge in [0.2, 0.25) is 5.91 Å². The van der Waals surface area contributed by atoms with Crippen molar-refractivity contribution in [2.45, 2.75) is 6.92 Å².